The molecule has 0 bridgehead atoms. The predicted octanol–water partition coefficient (Wildman–Crippen LogP) is 3.49. The minimum Gasteiger partial charge on any atom is -0.482 e. The van der Waals surface area contributed by atoms with Gasteiger partial charge < -0.3 is 14.8 Å². The highest BCUT2D eigenvalue weighted by molar-refractivity contribution is 6.30. The van der Waals surface area contributed by atoms with Crippen molar-refractivity contribution >= 4 is 29.2 Å². The Morgan fingerprint density at radius 3 is 2.52 bits per heavy atom. The quantitative estimate of drug-likeness (QED) is 0.792. The summed E-state index contributed by atoms with van der Waals surface area (Å²) in [5, 5.41) is 2.82. The molecule has 0 aliphatic rings. The van der Waals surface area contributed by atoms with Crippen molar-refractivity contribution in [1.29, 1.82) is 0 Å². The van der Waals surface area contributed by atoms with Gasteiger partial charge in [-0.3, -0.25) is 4.79 Å². The smallest absolute Gasteiger partial charge is 0.344 e. The Hall–Kier alpha value is -2.67. The third-order valence-corrected chi connectivity index (χ3v) is 3.29. The van der Waals surface area contributed by atoms with E-state index in [0.29, 0.717) is 10.8 Å². The van der Waals surface area contributed by atoms with Crippen LogP contribution in [0.1, 0.15) is 5.56 Å². The van der Waals surface area contributed by atoms with E-state index >= 15 is 0 Å². The van der Waals surface area contributed by atoms with Gasteiger partial charge in [-0.25, -0.2) is 13.6 Å². The zero-order valence-corrected chi connectivity index (χ0v) is 13.9. The van der Waals surface area contributed by atoms with Crippen LogP contribution in [0.5, 0.6) is 5.75 Å². The molecule has 0 aliphatic carbocycles. The van der Waals surface area contributed by atoms with Gasteiger partial charge in [0.15, 0.2) is 24.8 Å². The number of nitrogens with one attached hydrogen (secondary N) is 1. The van der Waals surface area contributed by atoms with Gasteiger partial charge in [0.05, 0.1) is 0 Å². The Bertz CT molecular complexity index is 798. The van der Waals surface area contributed by atoms with Gasteiger partial charge in [-0.2, -0.15) is 0 Å². The molecule has 5 nitrogen and oxygen atoms in total. The lowest BCUT2D eigenvalue weighted by molar-refractivity contribution is -0.149. The molecule has 0 spiro atoms. The third-order valence-electron chi connectivity index (χ3n) is 3.05. The molecule has 2 rings (SSSR count). The highest BCUT2D eigenvalue weighted by Crippen LogP contribution is 2.21. The van der Waals surface area contributed by atoms with Gasteiger partial charge in [-0.1, -0.05) is 11.6 Å². The van der Waals surface area contributed by atoms with E-state index in [1.54, 1.807) is 25.1 Å². The maximum Gasteiger partial charge on any atom is 0.344 e. The number of hydrogen-bond donors (Lipinski definition) is 1. The van der Waals surface area contributed by atoms with Crippen LogP contribution in [0, 0.1) is 18.6 Å². The van der Waals surface area contributed by atoms with Gasteiger partial charge in [-0.05, 0) is 42.8 Å². The van der Waals surface area contributed by atoms with Gasteiger partial charge in [-0.15, -0.1) is 0 Å². The van der Waals surface area contributed by atoms with E-state index < -0.39 is 30.1 Å². The van der Waals surface area contributed by atoms with E-state index in [4.69, 9.17) is 21.1 Å². The number of rotatable bonds is 6. The Morgan fingerprint density at radius 2 is 1.84 bits per heavy atom. The van der Waals surface area contributed by atoms with Crippen molar-refractivity contribution in [2.75, 3.05) is 18.5 Å². The molecule has 0 atom stereocenters. The number of anilines is 1. The van der Waals surface area contributed by atoms with Gasteiger partial charge in [0.1, 0.15) is 5.75 Å². The Labute approximate surface area is 147 Å². The maximum atomic E-state index is 13.0. The molecule has 2 aromatic rings. The number of aryl methyl sites for hydroxylation is 1. The summed E-state index contributed by atoms with van der Waals surface area (Å²) in [5.41, 5.74) is 0.796. The first-order valence-corrected chi connectivity index (χ1v) is 7.52. The molecule has 0 aromatic heterocycles. The molecule has 8 heteroatoms. The number of ether oxygens (including phenoxy) is 2. The lowest BCUT2D eigenvalue weighted by atomic mass is 10.2. The van der Waals surface area contributed by atoms with Crippen LogP contribution in [0.25, 0.3) is 0 Å². The largest absolute Gasteiger partial charge is 0.482 e. The first-order chi connectivity index (χ1) is 11.8. The summed E-state index contributed by atoms with van der Waals surface area (Å²) in [7, 11) is 0. The van der Waals surface area contributed by atoms with Gasteiger partial charge in [0, 0.05) is 16.8 Å². The predicted molar refractivity (Wildman–Crippen MR) is 87.6 cm³/mol. The number of carbonyl (C=O) groups is 2. The van der Waals surface area contributed by atoms with E-state index in [9.17, 15) is 18.4 Å². The molecule has 1 N–H and O–H groups in total. The zero-order valence-electron chi connectivity index (χ0n) is 13.1. The summed E-state index contributed by atoms with van der Waals surface area (Å²) >= 11 is 5.81. The topological polar surface area (TPSA) is 64.6 Å². The number of halogens is 3. The highest BCUT2D eigenvalue weighted by Gasteiger charge is 2.11. The van der Waals surface area contributed by atoms with Crippen LogP contribution in [0.2, 0.25) is 5.02 Å². The number of amides is 1. The summed E-state index contributed by atoms with van der Waals surface area (Å²) in [6, 6.07) is 7.79. The second kappa shape index (κ2) is 8.43. The molecule has 2 aromatic carbocycles. The summed E-state index contributed by atoms with van der Waals surface area (Å²) in [6.45, 7) is 0.795. The molecule has 1 amide bonds. The number of hydrogen-bond acceptors (Lipinski definition) is 4. The average Bonchev–Trinajstić information content (AvgIpc) is 2.55. The molecule has 0 fully saturated rings. The normalized spacial score (nSPS) is 10.2. The number of carbonyl (C=O) groups excluding carboxylic acids is 2. The van der Waals surface area contributed by atoms with E-state index in [1.165, 1.54) is 6.07 Å². The summed E-state index contributed by atoms with van der Waals surface area (Å²) in [6.07, 6.45) is 0. The summed E-state index contributed by atoms with van der Waals surface area (Å²) in [4.78, 5) is 23.2. The SMILES string of the molecule is Cc1cc(Cl)ccc1OCC(=O)OCC(=O)Nc1ccc(F)c(F)c1. The van der Waals surface area contributed by atoms with Gasteiger partial charge in [0.25, 0.3) is 5.91 Å². The fourth-order valence-corrected chi connectivity index (χ4v) is 2.10. The second-order valence-corrected chi connectivity index (χ2v) is 5.47. The van der Waals surface area contributed by atoms with E-state index in [1.807, 2.05) is 0 Å². The minimum atomic E-state index is -1.10. The summed E-state index contributed by atoms with van der Waals surface area (Å²) < 4.78 is 35.8. The molecule has 0 saturated carbocycles. The lowest BCUT2D eigenvalue weighted by Gasteiger charge is -2.10. The molecule has 0 radical (unpaired) electrons. The monoisotopic (exact) mass is 369 g/mol. The van der Waals surface area contributed by atoms with E-state index in [2.05, 4.69) is 5.32 Å². The molecule has 0 heterocycles. The number of esters is 1. The van der Waals surface area contributed by atoms with Gasteiger partial charge >= 0.3 is 5.97 Å². The second-order valence-electron chi connectivity index (χ2n) is 5.04. The molecule has 0 aliphatic heterocycles. The van der Waals surface area contributed by atoms with Crippen LogP contribution in [-0.4, -0.2) is 25.1 Å². The highest BCUT2D eigenvalue weighted by atomic mass is 35.5. The Balaban J connectivity index is 1.77. The fraction of sp³-hybridized carbons (Fsp3) is 0.176. The van der Waals surface area contributed by atoms with Crippen molar-refractivity contribution in [2.24, 2.45) is 0 Å². The molecular weight excluding hydrogens is 356 g/mol. The van der Waals surface area contributed by atoms with E-state index in [-0.39, 0.29) is 12.3 Å². The molecule has 0 unspecified atom stereocenters. The van der Waals surface area contributed by atoms with Crippen LogP contribution in [0.3, 0.4) is 0 Å². The van der Waals surface area contributed by atoms with Gasteiger partial charge in [0.2, 0.25) is 0 Å². The Kier molecular flexibility index (Phi) is 6.30. The average molecular weight is 370 g/mol. The van der Waals surface area contributed by atoms with Crippen molar-refractivity contribution in [3.63, 3.8) is 0 Å². The van der Waals surface area contributed by atoms with Crippen LogP contribution >= 0.6 is 11.6 Å². The minimum absolute atomic E-state index is 0.0491. The van der Waals surface area contributed by atoms with Crippen molar-refractivity contribution in [3.8, 4) is 5.75 Å². The zero-order chi connectivity index (χ0) is 18.4. The third kappa shape index (κ3) is 5.72. The molecule has 25 heavy (non-hydrogen) atoms. The maximum absolute atomic E-state index is 13.0. The van der Waals surface area contributed by atoms with Crippen LogP contribution in [-0.2, 0) is 14.3 Å². The summed E-state index contributed by atoms with van der Waals surface area (Å²) in [5.74, 6) is -3.11. The van der Waals surface area contributed by atoms with Crippen molar-refractivity contribution in [1.82, 2.24) is 0 Å². The first-order valence-electron chi connectivity index (χ1n) is 7.14. The molecule has 132 valence electrons. The van der Waals surface area contributed by atoms with Crippen molar-refractivity contribution in [3.05, 3.63) is 58.6 Å². The fourth-order valence-electron chi connectivity index (χ4n) is 1.87. The molecular formula is C17H14ClF2NO4. The number of benzene rings is 2. The molecule has 0 saturated heterocycles. The van der Waals surface area contributed by atoms with E-state index in [0.717, 1.165) is 17.7 Å². The lowest BCUT2D eigenvalue weighted by Crippen LogP contribution is -2.23. The van der Waals surface area contributed by atoms with Crippen molar-refractivity contribution < 1.29 is 27.8 Å². The first kappa shape index (κ1) is 18.7. The van der Waals surface area contributed by atoms with Crippen molar-refractivity contribution in [2.45, 2.75) is 6.92 Å². The standard InChI is InChI=1S/C17H14ClF2NO4/c1-10-6-11(18)2-5-15(10)24-9-17(23)25-8-16(22)21-12-3-4-13(19)14(20)7-12/h2-7H,8-9H2,1H3,(H,21,22). The van der Waals surface area contributed by atoms with Crippen LogP contribution < -0.4 is 10.1 Å². The van der Waals surface area contributed by atoms with Crippen LogP contribution in [0.4, 0.5) is 14.5 Å². The van der Waals surface area contributed by atoms with Crippen LogP contribution in [0.15, 0.2) is 36.4 Å². The Morgan fingerprint density at radius 1 is 1.08 bits per heavy atom.